The third-order valence-corrected chi connectivity index (χ3v) is 3.25. The van der Waals surface area contributed by atoms with Crippen molar-refractivity contribution in [2.24, 2.45) is 0 Å². The molecule has 0 radical (unpaired) electrons. The molecule has 2 aromatic rings. The summed E-state index contributed by atoms with van der Waals surface area (Å²) < 4.78 is 149. The smallest absolute Gasteiger partial charge is 0.365 e. The molecule has 0 fully saturated rings. The maximum absolute atomic E-state index is 13.3. The van der Waals surface area contributed by atoms with E-state index < -0.39 is 81.0 Å². The van der Waals surface area contributed by atoms with Crippen LogP contribution in [0.4, 0.5) is 43.9 Å². The summed E-state index contributed by atoms with van der Waals surface area (Å²) >= 11 is -3.78. The van der Waals surface area contributed by atoms with Gasteiger partial charge < -0.3 is 8.37 Å². The first-order valence-corrected chi connectivity index (χ1v) is 6.80. The molecule has 3 nitrogen and oxygen atoms in total. The van der Waals surface area contributed by atoms with Gasteiger partial charge in [0, 0.05) is 0 Å². The van der Waals surface area contributed by atoms with Gasteiger partial charge in [0.2, 0.25) is 69.7 Å². The molecule has 0 bridgehead atoms. The van der Waals surface area contributed by atoms with E-state index in [1.807, 2.05) is 0 Å². The number of benzene rings is 2. The number of hydrogen-bond acceptors (Lipinski definition) is 3. The SMILES string of the molecule is O=S(Oc1c(F)c(F)c(F)c(F)c1F)Oc1c(F)c(F)c(F)c(F)c1F. The summed E-state index contributed by atoms with van der Waals surface area (Å²) in [4.78, 5) is 0. The van der Waals surface area contributed by atoms with E-state index in [9.17, 15) is 48.1 Å². The Morgan fingerprint density at radius 2 is 0.615 bits per heavy atom. The van der Waals surface area contributed by atoms with Gasteiger partial charge in [-0.1, -0.05) is 0 Å². The molecule has 14 heteroatoms. The largest absolute Gasteiger partial charge is 0.418 e. The van der Waals surface area contributed by atoms with E-state index >= 15 is 0 Å². The fraction of sp³-hybridized carbons (Fsp3) is 0. The van der Waals surface area contributed by atoms with Crippen LogP contribution in [0.3, 0.4) is 0 Å². The van der Waals surface area contributed by atoms with Gasteiger partial charge in [0.25, 0.3) is 0 Å². The Morgan fingerprint density at radius 1 is 0.423 bits per heavy atom. The molecule has 0 atom stereocenters. The molecule has 0 saturated carbocycles. The summed E-state index contributed by atoms with van der Waals surface area (Å²) in [6.07, 6.45) is 0. The van der Waals surface area contributed by atoms with Gasteiger partial charge >= 0.3 is 11.4 Å². The van der Waals surface area contributed by atoms with Crippen LogP contribution in [-0.2, 0) is 11.4 Å². The van der Waals surface area contributed by atoms with Crippen LogP contribution in [0.2, 0.25) is 0 Å². The Bertz CT molecular complexity index is 801. The predicted octanol–water partition coefficient (Wildman–Crippen LogP) is 4.11. The minimum Gasteiger partial charge on any atom is -0.365 e. The summed E-state index contributed by atoms with van der Waals surface area (Å²) in [7, 11) is 0. The molecule has 0 N–H and O–H groups in total. The molecule has 2 aromatic carbocycles. The van der Waals surface area contributed by atoms with Crippen LogP contribution in [0.1, 0.15) is 0 Å². The molecule has 0 aromatic heterocycles. The second-order valence-corrected chi connectivity index (χ2v) is 4.91. The van der Waals surface area contributed by atoms with Crippen molar-refractivity contribution in [3.05, 3.63) is 58.2 Å². The van der Waals surface area contributed by atoms with Gasteiger partial charge in [-0.2, -0.15) is 21.8 Å². The highest BCUT2D eigenvalue weighted by atomic mass is 32.2. The highest BCUT2D eigenvalue weighted by Gasteiger charge is 2.32. The summed E-state index contributed by atoms with van der Waals surface area (Å²) in [5.41, 5.74) is 0. The average molecular weight is 414 g/mol. The summed E-state index contributed by atoms with van der Waals surface area (Å²) in [6, 6.07) is 0. The fourth-order valence-electron chi connectivity index (χ4n) is 1.47. The quantitative estimate of drug-likeness (QED) is 0.429. The van der Waals surface area contributed by atoms with E-state index in [0.717, 1.165) is 0 Å². The van der Waals surface area contributed by atoms with Crippen molar-refractivity contribution in [2.75, 3.05) is 0 Å². The van der Waals surface area contributed by atoms with Crippen LogP contribution in [0.25, 0.3) is 0 Å². The monoisotopic (exact) mass is 414 g/mol. The number of halogens is 10. The van der Waals surface area contributed by atoms with E-state index in [1.165, 1.54) is 0 Å². The highest BCUT2D eigenvalue weighted by Crippen LogP contribution is 2.32. The van der Waals surface area contributed by atoms with Crippen molar-refractivity contribution in [1.29, 1.82) is 0 Å². The van der Waals surface area contributed by atoms with Crippen LogP contribution in [0.5, 0.6) is 11.5 Å². The number of rotatable bonds is 4. The van der Waals surface area contributed by atoms with Gasteiger partial charge in [0.15, 0.2) is 0 Å². The van der Waals surface area contributed by atoms with Crippen LogP contribution in [0.15, 0.2) is 0 Å². The van der Waals surface area contributed by atoms with Crippen molar-refractivity contribution < 1.29 is 56.5 Å². The van der Waals surface area contributed by atoms with Gasteiger partial charge in [-0.15, -0.1) is 0 Å². The molecule has 0 amide bonds. The third kappa shape index (κ3) is 3.15. The molecule has 142 valence electrons. The Hall–Kier alpha value is -2.51. The van der Waals surface area contributed by atoms with Crippen molar-refractivity contribution in [3.63, 3.8) is 0 Å². The lowest BCUT2D eigenvalue weighted by atomic mass is 10.3. The molecule has 0 aliphatic carbocycles. The van der Waals surface area contributed by atoms with Crippen LogP contribution < -0.4 is 8.37 Å². The molecule has 0 aliphatic heterocycles. The van der Waals surface area contributed by atoms with Crippen molar-refractivity contribution >= 4 is 11.4 Å². The normalized spacial score (nSPS) is 11.2. The van der Waals surface area contributed by atoms with E-state index in [1.54, 1.807) is 0 Å². The molecule has 0 spiro atoms. The Morgan fingerprint density at radius 3 is 0.846 bits per heavy atom. The summed E-state index contributed by atoms with van der Waals surface area (Å²) in [6.45, 7) is 0. The molecule has 2 rings (SSSR count). The van der Waals surface area contributed by atoms with Crippen molar-refractivity contribution in [1.82, 2.24) is 0 Å². The van der Waals surface area contributed by atoms with Crippen molar-refractivity contribution in [3.8, 4) is 11.5 Å². The van der Waals surface area contributed by atoms with Crippen molar-refractivity contribution in [2.45, 2.75) is 0 Å². The highest BCUT2D eigenvalue weighted by molar-refractivity contribution is 7.75. The van der Waals surface area contributed by atoms with Gasteiger partial charge in [-0.05, 0) is 0 Å². The molecule has 0 saturated heterocycles. The topological polar surface area (TPSA) is 35.5 Å². The zero-order valence-corrected chi connectivity index (χ0v) is 12.2. The van der Waals surface area contributed by atoms with E-state index in [2.05, 4.69) is 8.37 Å². The average Bonchev–Trinajstić information content (AvgIpc) is 2.62. The van der Waals surface area contributed by atoms with Crippen LogP contribution >= 0.6 is 0 Å². The number of hydrogen-bond donors (Lipinski definition) is 0. The van der Waals surface area contributed by atoms with E-state index in [4.69, 9.17) is 0 Å². The maximum atomic E-state index is 13.3. The summed E-state index contributed by atoms with van der Waals surface area (Å²) in [5, 5.41) is 0. The Balaban J connectivity index is 2.41. The van der Waals surface area contributed by atoms with Gasteiger partial charge in [0.1, 0.15) is 0 Å². The molecule has 0 aliphatic rings. The summed E-state index contributed by atoms with van der Waals surface area (Å²) in [5.74, 6) is -30.2. The van der Waals surface area contributed by atoms with Gasteiger partial charge in [-0.25, -0.2) is 26.3 Å². The lowest BCUT2D eigenvalue weighted by Crippen LogP contribution is -2.15. The Labute approximate surface area is 138 Å². The minimum absolute atomic E-state index is 2.18. The minimum atomic E-state index is -3.78. The third-order valence-electron chi connectivity index (χ3n) is 2.64. The Kier molecular flexibility index (Phi) is 5.34. The lowest BCUT2D eigenvalue weighted by molar-refractivity contribution is 0.330. The van der Waals surface area contributed by atoms with Crippen LogP contribution in [-0.4, -0.2) is 4.21 Å². The second kappa shape index (κ2) is 7.01. The first-order chi connectivity index (χ1) is 12.0. The lowest BCUT2D eigenvalue weighted by Gasteiger charge is -2.11. The molecule has 0 heterocycles. The van der Waals surface area contributed by atoms with Crippen LogP contribution in [0, 0.1) is 58.2 Å². The molecular weight excluding hydrogens is 414 g/mol. The van der Waals surface area contributed by atoms with Gasteiger partial charge in [0.05, 0.1) is 0 Å². The fourth-order valence-corrected chi connectivity index (χ4v) is 2.07. The zero-order chi connectivity index (χ0) is 19.9. The van der Waals surface area contributed by atoms with Gasteiger partial charge in [-0.3, -0.25) is 0 Å². The first kappa shape index (κ1) is 19.8. The zero-order valence-electron chi connectivity index (χ0n) is 11.4. The predicted molar refractivity (Wildman–Crippen MR) is 61.9 cm³/mol. The molecule has 26 heavy (non-hydrogen) atoms. The standard InChI is InChI=1S/C12F10O3S/c13-1-3(15)7(19)11(8(20)4(1)16)24-26(23)25-12-9(21)5(17)2(14)6(18)10(12)22. The van der Waals surface area contributed by atoms with E-state index in [-0.39, 0.29) is 0 Å². The van der Waals surface area contributed by atoms with E-state index in [0.29, 0.717) is 0 Å². The molecular formula is C12F10O3S. The first-order valence-electron chi connectivity index (χ1n) is 5.80. The second-order valence-electron chi connectivity index (χ2n) is 4.17. The molecule has 0 unspecified atom stereocenters. The maximum Gasteiger partial charge on any atom is 0.418 e.